The average molecular weight is 245 g/mol. The number of carbonyl (C=O) groups is 1. The Hall–Kier alpha value is -1.44. The van der Waals surface area contributed by atoms with Crippen molar-refractivity contribution in [1.29, 1.82) is 0 Å². The molecule has 0 atom stereocenters. The lowest BCUT2D eigenvalue weighted by atomic mass is 10.2. The van der Waals surface area contributed by atoms with E-state index in [9.17, 15) is 13.2 Å². The van der Waals surface area contributed by atoms with Gasteiger partial charge in [-0.05, 0) is 25.1 Å². The number of hydrogen-bond donors (Lipinski definition) is 2. The second kappa shape index (κ2) is 5.06. The van der Waals surface area contributed by atoms with Crippen molar-refractivity contribution in [1.82, 2.24) is 4.89 Å². The molecule has 0 saturated carbocycles. The molecule has 1 aromatic rings. The van der Waals surface area contributed by atoms with Crippen LogP contribution >= 0.6 is 0 Å². The van der Waals surface area contributed by atoms with E-state index in [1.807, 2.05) is 4.89 Å². The van der Waals surface area contributed by atoms with Crippen LogP contribution in [0, 0.1) is 0 Å². The fourth-order valence-corrected chi connectivity index (χ4v) is 1.89. The van der Waals surface area contributed by atoms with Crippen molar-refractivity contribution < 1.29 is 23.2 Å². The molecule has 0 fully saturated rings. The highest BCUT2D eigenvalue weighted by atomic mass is 32.2. The highest BCUT2D eigenvalue weighted by Crippen LogP contribution is 2.11. The van der Waals surface area contributed by atoms with Crippen molar-refractivity contribution in [3.8, 4) is 0 Å². The van der Waals surface area contributed by atoms with Crippen molar-refractivity contribution >= 4 is 16.0 Å². The van der Waals surface area contributed by atoms with Crippen molar-refractivity contribution in [3.63, 3.8) is 0 Å². The van der Waals surface area contributed by atoms with E-state index in [2.05, 4.69) is 4.84 Å². The van der Waals surface area contributed by atoms with E-state index in [1.165, 1.54) is 18.2 Å². The summed E-state index contributed by atoms with van der Waals surface area (Å²) >= 11 is 0. The molecule has 0 aliphatic heterocycles. The summed E-state index contributed by atoms with van der Waals surface area (Å²) in [7, 11) is -3.81. The third-order valence-electron chi connectivity index (χ3n) is 1.70. The number of hydrogen-bond acceptors (Lipinski definition) is 4. The summed E-state index contributed by atoms with van der Waals surface area (Å²) in [4.78, 5) is 16.9. The lowest BCUT2D eigenvalue weighted by molar-refractivity contribution is 0.0696. The lowest BCUT2D eigenvalue weighted by Gasteiger charge is -2.05. The average Bonchev–Trinajstić information content (AvgIpc) is 2.26. The Morgan fingerprint density at radius 3 is 2.75 bits per heavy atom. The summed E-state index contributed by atoms with van der Waals surface area (Å²) in [6, 6.07) is 5.00. The molecule has 7 heteroatoms. The van der Waals surface area contributed by atoms with Crippen LogP contribution in [0.2, 0.25) is 0 Å². The van der Waals surface area contributed by atoms with Crippen molar-refractivity contribution in [2.75, 3.05) is 6.61 Å². The molecule has 0 aromatic heterocycles. The zero-order chi connectivity index (χ0) is 12.2. The third kappa shape index (κ3) is 3.02. The summed E-state index contributed by atoms with van der Waals surface area (Å²) < 4.78 is 23.1. The van der Waals surface area contributed by atoms with Gasteiger partial charge in [-0.3, -0.25) is 4.84 Å². The van der Waals surface area contributed by atoms with Gasteiger partial charge in [-0.1, -0.05) is 11.0 Å². The molecule has 0 radical (unpaired) electrons. The molecule has 0 heterocycles. The first kappa shape index (κ1) is 12.6. The van der Waals surface area contributed by atoms with Gasteiger partial charge >= 0.3 is 5.97 Å². The van der Waals surface area contributed by atoms with Crippen LogP contribution in [0.1, 0.15) is 17.3 Å². The number of rotatable bonds is 5. The number of carboxylic acids is 1. The number of benzene rings is 1. The van der Waals surface area contributed by atoms with E-state index >= 15 is 0 Å². The van der Waals surface area contributed by atoms with E-state index in [1.54, 1.807) is 6.92 Å². The predicted octanol–water partition coefficient (Wildman–Crippen LogP) is 0.615. The van der Waals surface area contributed by atoms with Crippen LogP contribution in [0.25, 0.3) is 0 Å². The van der Waals surface area contributed by atoms with E-state index in [4.69, 9.17) is 5.11 Å². The van der Waals surface area contributed by atoms with Crippen LogP contribution in [0.3, 0.4) is 0 Å². The Balaban J connectivity index is 3.04. The highest BCUT2D eigenvalue weighted by Gasteiger charge is 2.15. The zero-order valence-corrected chi connectivity index (χ0v) is 9.32. The minimum Gasteiger partial charge on any atom is -0.478 e. The molecule has 0 bridgehead atoms. The molecule has 2 N–H and O–H groups in total. The van der Waals surface area contributed by atoms with Gasteiger partial charge in [-0.2, -0.15) is 0 Å². The van der Waals surface area contributed by atoms with Gasteiger partial charge < -0.3 is 5.11 Å². The first-order valence-corrected chi connectivity index (χ1v) is 5.92. The second-order valence-corrected chi connectivity index (χ2v) is 4.50. The number of nitrogens with one attached hydrogen (secondary N) is 1. The van der Waals surface area contributed by atoms with Crippen molar-refractivity contribution in [2.45, 2.75) is 11.8 Å². The van der Waals surface area contributed by atoms with E-state index in [0.717, 1.165) is 6.07 Å². The molecule has 0 unspecified atom stereocenters. The summed E-state index contributed by atoms with van der Waals surface area (Å²) in [5.74, 6) is -1.19. The minimum atomic E-state index is -3.81. The maximum absolute atomic E-state index is 11.5. The molecule has 0 aliphatic rings. The van der Waals surface area contributed by atoms with Crippen LogP contribution in [-0.4, -0.2) is 26.1 Å². The number of sulfonamides is 1. The van der Waals surface area contributed by atoms with E-state index in [0.29, 0.717) is 0 Å². The van der Waals surface area contributed by atoms with Gasteiger partial charge in [-0.15, -0.1) is 0 Å². The molecule has 1 aromatic carbocycles. The Morgan fingerprint density at radius 1 is 1.50 bits per heavy atom. The molecule has 88 valence electrons. The van der Waals surface area contributed by atoms with E-state index < -0.39 is 16.0 Å². The molecule has 0 saturated heterocycles. The quantitative estimate of drug-likeness (QED) is 0.741. The second-order valence-electron chi connectivity index (χ2n) is 2.85. The molecular formula is C9H11NO5S. The molecule has 6 nitrogen and oxygen atoms in total. The Morgan fingerprint density at radius 2 is 2.19 bits per heavy atom. The van der Waals surface area contributed by atoms with Crippen molar-refractivity contribution in [2.24, 2.45) is 0 Å². The van der Waals surface area contributed by atoms with E-state index in [-0.39, 0.29) is 17.1 Å². The third-order valence-corrected chi connectivity index (χ3v) is 2.92. The summed E-state index contributed by atoms with van der Waals surface area (Å²) in [6.45, 7) is 1.80. The Kier molecular flexibility index (Phi) is 3.99. The standard InChI is InChI=1S/C9H11NO5S/c1-2-15-10-16(13,14)8-5-3-4-7(6-8)9(11)12/h3-6,10H,2H2,1H3,(H,11,12). The molecular weight excluding hydrogens is 234 g/mol. The molecule has 16 heavy (non-hydrogen) atoms. The normalized spacial score (nSPS) is 11.3. The minimum absolute atomic E-state index is 0.0978. The van der Waals surface area contributed by atoms with Gasteiger partial charge in [0, 0.05) is 0 Å². The van der Waals surface area contributed by atoms with Crippen LogP contribution in [0.15, 0.2) is 29.2 Å². The summed E-state index contributed by atoms with van der Waals surface area (Å²) in [5, 5.41) is 8.70. The first-order valence-electron chi connectivity index (χ1n) is 4.44. The SMILES string of the molecule is CCONS(=O)(=O)c1cccc(C(=O)O)c1. The van der Waals surface area contributed by atoms with Crippen LogP contribution < -0.4 is 4.89 Å². The van der Waals surface area contributed by atoms with Gasteiger partial charge in [0.15, 0.2) is 0 Å². The largest absolute Gasteiger partial charge is 0.478 e. The maximum atomic E-state index is 11.5. The molecule has 0 spiro atoms. The molecule has 1 rings (SSSR count). The van der Waals surface area contributed by atoms with Gasteiger partial charge in [0.05, 0.1) is 17.1 Å². The smallest absolute Gasteiger partial charge is 0.335 e. The van der Waals surface area contributed by atoms with Gasteiger partial charge in [0.25, 0.3) is 10.0 Å². The summed E-state index contributed by atoms with van der Waals surface area (Å²) in [5.41, 5.74) is -0.0978. The monoisotopic (exact) mass is 245 g/mol. The Labute approximate surface area is 92.9 Å². The van der Waals surface area contributed by atoms with Gasteiger partial charge in [-0.25, -0.2) is 13.2 Å². The molecule has 0 amide bonds. The molecule has 0 aliphatic carbocycles. The Bertz CT molecular complexity index is 482. The lowest BCUT2D eigenvalue weighted by Crippen LogP contribution is -2.24. The first-order chi connectivity index (χ1) is 7.47. The highest BCUT2D eigenvalue weighted by molar-refractivity contribution is 7.89. The van der Waals surface area contributed by atoms with Gasteiger partial charge in [0.2, 0.25) is 0 Å². The van der Waals surface area contributed by atoms with Crippen LogP contribution in [0.5, 0.6) is 0 Å². The predicted molar refractivity (Wildman–Crippen MR) is 55.3 cm³/mol. The van der Waals surface area contributed by atoms with Crippen LogP contribution in [-0.2, 0) is 14.9 Å². The number of aromatic carboxylic acids is 1. The van der Waals surface area contributed by atoms with Gasteiger partial charge in [0.1, 0.15) is 0 Å². The fourth-order valence-electron chi connectivity index (χ4n) is 0.981. The maximum Gasteiger partial charge on any atom is 0.335 e. The van der Waals surface area contributed by atoms with Crippen molar-refractivity contribution in [3.05, 3.63) is 29.8 Å². The topological polar surface area (TPSA) is 92.7 Å². The zero-order valence-electron chi connectivity index (χ0n) is 8.50. The number of carboxylic acid groups (broad SMARTS) is 1. The van der Waals surface area contributed by atoms with Crippen LogP contribution in [0.4, 0.5) is 0 Å². The summed E-state index contributed by atoms with van der Waals surface area (Å²) in [6.07, 6.45) is 0. The fraction of sp³-hybridized carbons (Fsp3) is 0.222.